The lowest BCUT2D eigenvalue weighted by Gasteiger charge is -2.26. The summed E-state index contributed by atoms with van der Waals surface area (Å²) < 4.78 is 10.6. The number of carboxylic acids is 1. The largest absolute Gasteiger partial charge is 0.497 e. The normalized spacial score (nSPS) is 12.4. The van der Waals surface area contributed by atoms with E-state index in [9.17, 15) is 9.90 Å². The average molecular weight is 488 g/mol. The molecular weight excluding hydrogens is 454 g/mol. The molecule has 3 aromatic carbocycles. The third kappa shape index (κ3) is 7.84. The number of methoxy groups -OCH3 is 2. The minimum absolute atomic E-state index is 0.302. The van der Waals surface area contributed by atoms with Crippen molar-refractivity contribution in [2.45, 2.75) is 18.9 Å². The summed E-state index contributed by atoms with van der Waals surface area (Å²) in [6, 6.07) is 24.5. The van der Waals surface area contributed by atoms with Gasteiger partial charge in [0.1, 0.15) is 11.5 Å². The van der Waals surface area contributed by atoms with E-state index in [2.05, 4.69) is 16.7 Å². The van der Waals surface area contributed by atoms with Gasteiger partial charge in [0.05, 0.1) is 31.8 Å². The summed E-state index contributed by atoms with van der Waals surface area (Å²) in [7, 11) is 3.27. The molecule has 3 N–H and O–H groups in total. The van der Waals surface area contributed by atoms with Crippen LogP contribution in [0, 0.1) is 17.2 Å². The Labute approximate surface area is 212 Å². The quantitative estimate of drug-likeness (QED) is 0.296. The number of nitrogens with zero attached hydrogens (tertiary/aromatic N) is 1. The van der Waals surface area contributed by atoms with E-state index in [0.717, 1.165) is 41.0 Å². The maximum Gasteiger partial charge on any atom is 0.309 e. The van der Waals surface area contributed by atoms with Gasteiger partial charge in [-0.1, -0.05) is 36.4 Å². The van der Waals surface area contributed by atoms with E-state index in [4.69, 9.17) is 14.7 Å². The van der Waals surface area contributed by atoms with E-state index < -0.39 is 17.9 Å². The average Bonchev–Trinajstić information content (AvgIpc) is 2.92. The molecule has 188 valence electrons. The highest BCUT2D eigenvalue weighted by Crippen LogP contribution is 2.24. The Balaban J connectivity index is 1.68. The van der Waals surface area contributed by atoms with Crippen LogP contribution in [-0.4, -0.2) is 44.9 Å². The smallest absolute Gasteiger partial charge is 0.309 e. The van der Waals surface area contributed by atoms with Gasteiger partial charge in [-0.15, -0.1) is 0 Å². The van der Waals surface area contributed by atoms with E-state index >= 15 is 0 Å². The summed E-state index contributed by atoms with van der Waals surface area (Å²) in [5, 5.41) is 26.0. The summed E-state index contributed by atoms with van der Waals surface area (Å²) in [5.41, 5.74) is 3.59. The first-order valence-electron chi connectivity index (χ1n) is 12.0. The number of hydrogen-bond acceptors (Lipinski definition) is 6. The molecule has 0 saturated heterocycles. The van der Waals surface area contributed by atoms with Gasteiger partial charge >= 0.3 is 5.97 Å². The van der Waals surface area contributed by atoms with E-state index in [1.807, 2.05) is 60.7 Å². The van der Waals surface area contributed by atoms with Crippen LogP contribution >= 0.6 is 0 Å². The third-order valence-electron chi connectivity index (χ3n) is 6.12. The molecule has 0 aliphatic carbocycles. The molecule has 0 radical (unpaired) electrons. The van der Waals surface area contributed by atoms with Gasteiger partial charge in [-0.3, -0.25) is 4.79 Å². The van der Waals surface area contributed by atoms with Crippen molar-refractivity contribution in [1.29, 1.82) is 5.26 Å². The molecule has 2 atom stereocenters. The van der Waals surface area contributed by atoms with Crippen molar-refractivity contribution in [2.75, 3.05) is 33.9 Å². The standard InChI is InChI=1S/C29H33N3O4/c1-35-25-7-3-5-21(17-25)13-15-31-20-27(29(33)34)28(24-11-9-23(19-30)10-12-24)32-16-14-22-6-4-8-26(18-22)36-2/h3-12,17-18,27-28,31-32H,13-16,20H2,1-2H3,(H,33,34). The second-order valence-electron chi connectivity index (χ2n) is 8.52. The molecule has 0 aliphatic rings. The van der Waals surface area contributed by atoms with Crippen molar-refractivity contribution < 1.29 is 19.4 Å². The van der Waals surface area contributed by atoms with Gasteiger partial charge in [-0.2, -0.15) is 5.26 Å². The van der Waals surface area contributed by atoms with Crippen LogP contribution in [0.15, 0.2) is 72.8 Å². The van der Waals surface area contributed by atoms with Gasteiger partial charge in [0.15, 0.2) is 0 Å². The lowest BCUT2D eigenvalue weighted by molar-refractivity contribution is -0.142. The lowest BCUT2D eigenvalue weighted by atomic mass is 9.91. The van der Waals surface area contributed by atoms with Gasteiger partial charge in [-0.25, -0.2) is 0 Å². The topological polar surface area (TPSA) is 104 Å². The number of rotatable bonds is 14. The zero-order valence-electron chi connectivity index (χ0n) is 20.7. The molecule has 0 aliphatic heterocycles. The van der Waals surface area contributed by atoms with Crippen LogP contribution in [0.2, 0.25) is 0 Å². The van der Waals surface area contributed by atoms with E-state index in [1.165, 1.54) is 0 Å². The number of carboxylic acid groups (broad SMARTS) is 1. The highest BCUT2D eigenvalue weighted by Gasteiger charge is 2.29. The van der Waals surface area contributed by atoms with Crippen LogP contribution in [-0.2, 0) is 17.6 Å². The first-order valence-corrected chi connectivity index (χ1v) is 12.0. The van der Waals surface area contributed by atoms with E-state index in [1.54, 1.807) is 26.4 Å². The Morgan fingerprint density at radius 1 is 0.917 bits per heavy atom. The molecule has 0 spiro atoms. The molecule has 36 heavy (non-hydrogen) atoms. The SMILES string of the molecule is COc1cccc(CCNCC(C(=O)O)C(NCCc2cccc(OC)c2)c2ccc(C#N)cc2)c1. The second-order valence-corrected chi connectivity index (χ2v) is 8.52. The number of carbonyl (C=O) groups is 1. The maximum atomic E-state index is 12.3. The van der Waals surface area contributed by atoms with Gasteiger partial charge in [0, 0.05) is 12.6 Å². The number of benzene rings is 3. The predicted molar refractivity (Wildman–Crippen MR) is 139 cm³/mol. The van der Waals surface area contributed by atoms with Crippen molar-refractivity contribution >= 4 is 5.97 Å². The highest BCUT2D eigenvalue weighted by molar-refractivity contribution is 5.71. The third-order valence-corrected chi connectivity index (χ3v) is 6.12. The van der Waals surface area contributed by atoms with Gasteiger partial charge in [-0.05, 0) is 79.0 Å². The Kier molecular flexibility index (Phi) is 10.3. The predicted octanol–water partition coefficient (Wildman–Crippen LogP) is 3.98. The van der Waals surface area contributed by atoms with Crippen LogP contribution in [0.3, 0.4) is 0 Å². The van der Waals surface area contributed by atoms with Crippen molar-refractivity contribution in [2.24, 2.45) is 5.92 Å². The molecule has 7 nitrogen and oxygen atoms in total. The number of hydrogen-bond donors (Lipinski definition) is 3. The van der Waals surface area contributed by atoms with Gasteiger partial charge in [0.2, 0.25) is 0 Å². The molecule has 2 unspecified atom stereocenters. The minimum atomic E-state index is -0.882. The Bertz CT molecular complexity index is 1160. The zero-order valence-corrected chi connectivity index (χ0v) is 20.7. The fourth-order valence-corrected chi connectivity index (χ4v) is 4.12. The van der Waals surface area contributed by atoms with Crippen LogP contribution < -0.4 is 20.1 Å². The van der Waals surface area contributed by atoms with Crippen molar-refractivity contribution in [3.05, 3.63) is 95.1 Å². The number of nitrogens with one attached hydrogen (secondary N) is 2. The maximum absolute atomic E-state index is 12.3. The highest BCUT2D eigenvalue weighted by atomic mass is 16.5. The van der Waals surface area contributed by atoms with Crippen LogP contribution in [0.4, 0.5) is 0 Å². The van der Waals surface area contributed by atoms with Gasteiger partial charge < -0.3 is 25.2 Å². The molecular formula is C29H33N3O4. The van der Waals surface area contributed by atoms with Crippen molar-refractivity contribution in [3.63, 3.8) is 0 Å². The van der Waals surface area contributed by atoms with Gasteiger partial charge in [0.25, 0.3) is 0 Å². The number of aliphatic carboxylic acids is 1. The summed E-state index contributed by atoms with van der Waals surface area (Å²) in [4.78, 5) is 12.3. The summed E-state index contributed by atoms with van der Waals surface area (Å²) >= 11 is 0. The lowest BCUT2D eigenvalue weighted by Crippen LogP contribution is -2.40. The zero-order chi connectivity index (χ0) is 25.8. The molecule has 7 heteroatoms. The molecule has 0 aromatic heterocycles. The summed E-state index contributed by atoms with van der Waals surface area (Å²) in [6.07, 6.45) is 1.48. The molecule has 0 saturated carbocycles. The fraction of sp³-hybridized carbons (Fsp3) is 0.310. The minimum Gasteiger partial charge on any atom is -0.497 e. The van der Waals surface area contributed by atoms with E-state index in [0.29, 0.717) is 25.2 Å². The Morgan fingerprint density at radius 3 is 2.03 bits per heavy atom. The molecule has 3 rings (SSSR count). The van der Waals surface area contributed by atoms with Crippen LogP contribution in [0.1, 0.15) is 28.3 Å². The van der Waals surface area contributed by atoms with Crippen molar-refractivity contribution in [3.8, 4) is 17.6 Å². The molecule has 0 amide bonds. The summed E-state index contributed by atoms with van der Waals surface area (Å²) in [5.74, 6) is 0.0116. The molecule has 0 fully saturated rings. The molecule has 0 bridgehead atoms. The fourth-order valence-electron chi connectivity index (χ4n) is 4.12. The number of ether oxygens (including phenoxy) is 2. The first-order chi connectivity index (χ1) is 17.5. The second kappa shape index (κ2) is 13.9. The van der Waals surface area contributed by atoms with Crippen molar-refractivity contribution in [1.82, 2.24) is 10.6 Å². The summed E-state index contributed by atoms with van der Waals surface area (Å²) in [6.45, 7) is 1.53. The molecule has 3 aromatic rings. The monoisotopic (exact) mass is 487 g/mol. The first kappa shape index (κ1) is 26.7. The van der Waals surface area contributed by atoms with Crippen LogP contribution in [0.25, 0.3) is 0 Å². The molecule has 0 heterocycles. The van der Waals surface area contributed by atoms with E-state index in [-0.39, 0.29) is 0 Å². The Hall–Kier alpha value is -3.86. The van der Waals surface area contributed by atoms with Crippen LogP contribution in [0.5, 0.6) is 11.5 Å². The number of nitriles is 1. The Morgan fingerprint density at radius 2 is 1.50 bits per heavy atom.